The van der Waals surface area contributed by atoms with Crippen molar-refractivity contribution in [3.8, 4) is 5.75 Å². The quantitative estimate of drug-likeness (QED) is 0.873. The van der Waals surface area contributed by atoms with E-state index < -0.39 is 0 Å². The molecule has 0 aliphatic heterocycles. The second kappa shape index (κ2) is 8.03. The Labute approximate surface area is 136 Å². The fourth-order valence-electron chi connectivity index (χ4n) is 1.77. The van der Waals surface area contributed by atoms with Crippen LogP contribution in [0.15, 0.2) is 12.1 Å². The van der Waals surface area contributed by atoms with Gasteiger partial charge in [-0.05, 0) is 36.1 Å². The molecule has 22 heavy (non-hydrogen) atoms. The predicted molar refractivity (Wildman–Crippen MR) is 87.5 cm³/mol. The SMILES string of the molecule is Cc1cc(OCC(=O)NCC(=O)N(C)C)c(C(C)C)cc1Cl. The van der Waals surface area contributed by atoms with Gasteiger partial charge in [-0.3, -0.25) is 9.59 Å². The summed E-state index contributed by atoms with van der Waals surface area (Å²) in [6.45, 7) is 5.77. The van der Waals surface area contributed by atoms with Gasteiger partial charge in [0.05, 0.1) is 6.54 Å². The Hall–Kier alpha value is -1.75. The molecule has 0 spiro atoms. The van der Waals surface area contributed by atoms with Crippen molar-refractivity contribution in [1.29, 1.82) is 0 Å². The van der Waals surface area contributed by atoms with Gasteiger partial charge in [-0.25, -0.2) is 0 Å². The van der Waals surface area contributed by atoms with Gasteiger partial charge in [0.1, 0.15) is 5.75 Å². The molecule has 0 aliphatic rings. The van der Waals surface area contributed by atoms with Gasteiger partial charge in [-0.1, -0.05) is 25.4 Å². The van der Waals surface area contributed by atoms with Crippen molar-refractivity contribution in [3.63, 3.8) is 0 Å². The second-order valence-corrected chi connectivity index (χ2v) is 6.05. The fourth-order valence-corrected chi connectivity index (χ4v) is 1.95. The average molecular weight is 327 g/mol. The molecule has 0 bridgehead atoms. The van der Waals surface area contributed by atoms with Crippen LogP contribution < -0.4 is 10.1 Å². The molecule has 1 N–H and O–H groups in total. The third kappa shape index (κ3) is 5.22. The Kier molecular flexibility index (Phi) is 6.68. The highest BCUT2D eigenvalue weighted by molar-refractivity contribution is 6.31. The topological polar surface area (TPSA) is 58.6 Å². The van der Waals surface area contributed by atoms with Gasteiger partial charge in [-0.2, -0.15) is 0 Å². The number of carbonyl (C=O) groups is 2. The zero-order chi connectivity index (χ0) is 16.9. The lowest BCUT2D eigenvalue weighted by Gasteiger charge is -2.16. The van der Waals surface area contributed by atoms with Gasteiger partial charge in [0.15, 0.2) is 6.61 Å². The van der Waals surface area contributed by atoms with Crippen molar-refractivity contribution in [2.45, 2.75) is 26.7 Å². The van der Waals surface area contributed by atoms with Crippen LogP contribution in [-0.4, -0.2) is 44.0 Å². The highest BCUT2D eigenvalue weighted by atomic mass is 35.5. The van der Waals surface area contributed by atoms with Gasteiger partial charge >= 0.3 is 0 Å². The van der Waals surface area contributed by atoms with Crippen LogP contribution in [0.1, 0.15) is 30.9 Å². The molecule has 0 aromatic heterocycles. The highest BCUT2D eigenvalue weighted by Crippen LogP contribution is 2.31. The first kappa shape index (κ1) is 18.3. The van der Waals surface area contributed by atoms with Gasteiger partial charge in [-0.15, -0.1) is 0 Å². The monoisotopic (exact) mass is 326 g/mol. The molecule has 0 radical (unpaired) electrons. The number of benzene rings is 1. The summed E-state index contributed by atoms with van der Waals surface area (Å²) >= 11 is 6.13. The van der Waals surface area contributed by atoms with Crippen LogP contribution in [-0.2, 0) is 9.59 Å². The number of ether oxygens (including phenoxy) is 1. The number of hydrogen-bond acceptors (Lipinski definition) is 3. The lowest BCUT2D eigenvalue weighted by molar-refractivity contribution is -0.131. The number of nitrogens with one attached hydrogen (secondary N) is 1. The van der Waals surface area contributed by atoms with E-state index in [1.54, 1.807) is 14.1 Å². The summed E-state index contributed by atoms with van der Waals surface area (Å²) in [5.74, 6) is 0.369. The molecule has 122 valence electrons. The number of nitrogens with zero attached hydrogens (tertiary/aromatic N) is 1. The smallest absolute Gasteiger partial charge is 0.258 e. The molecule has 5 nitrogen and oxygen atoms in total. The molecule has 1 rings (SSSR count). The summed E-state index contributed by atoms with van der Waals surface area (Å²) in [6.07, 6.45) is 0. The van der Waals surface area contributed by atoms with Crippen LogP contribution in [0.4, 0.5) is 0 Å². The predicted octanol–water partition coefficient (Wildman–Crippen LogP) is 2.36. The standard InChI is InChI=1S/C16H23ClN2O3/c1-10(2)12-7-13(17)11(3)6-14(12)22-9-15(20)18-8-16(21)19(4)5/h6-7,10H,8-9H2,1-5H3,(H,18,20). The van der Waals surface area contributed by atoms with E-state index in [4.69, 9.17) is 16.3 Å². The first-order chi connectivity index (χ1) is 10.2. The van der Waals surface area contributed by atoms with Gasteiger partial charge in [0.25, 0.3) is 5.91 Å². The number of hydrogen-bond donors (Lipinski definition) is 1. The zero-order valence-electron chi connectivity index (χ0n) is 13.7. The molecule has 2 amide bonds. The number of rotatable bonds is 6. The fraction of sp³-hybridized carbons (Fsp3) is 0.500. The highest BCUT2D eigenvalue weighted by Gasteiger charge is 2.13. The van der Waals surface area contributed by atoms with E-state index >= 15 is 0 Å². The molecule has 0 aliphatic carbocycles. The average Bonchev–Trinajstić information content (AvgIpc) is 2.44. The Morgan fingerprint density at radius 2 is 1.95 bits per heavy atom. The van der Waals surface area contributed by atoms with Crippen LogP contribution in [0.5, 0.6) is 5.75 Å². The molecule has 0 saturated carbocycles. The van der Waals surface area contributed by atoms with E-state index in [1.807, 2.05) is 32.9 Å². The first-order valence-electron chi connectivity index (χ1n) is 7.12. The Balaban J connectivity index is 2.66. The number of amides is 2. The van der Waals surface area contributed by atoms with Crippen molar-refractivity contribution in [1.82, 2.24) is 10.2 Å². The molecule has 6 heteroatoms. The second-order valence-electron chi connectivity index (χ2n) is 5.65. The van der Waals surface area contributed by atoms with Crippen LogP contribution in [0, 0.1) is 6.92 Å². The van der Waals surface area contributed by atoms with Crippen molar-refractivity contribution in [3.05, 3.63) is 28.3 Å². The van der Waals surface area contributed by atoms with Crippen molar-refractivity contribution < 1.29 is 14.3 Å². The van der Waals surface area contributed by atoms with Crippen LogP contribution in [0.2, 0.25) is 5.02 Å². The molecular weight excluding hydrogens is 304 g/mol. The first-order valence-corrected chi connectivity index (χ1v) is 7.49. The van der Waals surface area contributed by atoms with Crippen molar-refractivity contribution >= 4 is 23.4 Å². The normalized spacial score (nSPS) is 10.5. The van der Waals surface area contributed by atoms with Crippen LogP contribution in [0.25, 0.3) is 0 Å². The van der Waals surface area contributed by atoms with E-state index in [2.05, 4.69) is 5.32 Å². The maximum absolute atomic E-state index is 11.7. The van der Waals surface area contributed by atoms with E-state index in [-0.39, 0.29) is 30.9 Å². The lowest BCUT2D eigenvalue weighted by atomic mass is 10.0. The van der Waals surface area contributed by atoms with Crippen LogP contribution >= 0.6 is 11.6 Å². The van der Waals surface area contributed by atoms with Crippen LogP contribution in [0.3, 0.4) is 0 Å². The Bertz CT molecular complexity index is 557. The molecule has 1 aromatic rings. The third-order valence-corrected chi connectivity index (χ3v) is 3.61. The Morgan fingerprint density at radius 3 is 2.50 bits per heavy atom. The van der Waals surface area contributed by atoms with E-state index in [9.17, 15) is 9.59 Å². The summed E-state index contributed by atoms with van der Waals surface area (Å²) < 4.78 is 5.59. The number of halogens is 1. The summed E-state index contributed by atoms with van der Waals surface area (Å²) in [5, 5.41) is 3.21. The van der Waals surface area contributed by atoms with E-state index in [0.717, 1.165) is 11.1 Å². The zero-order valence-corrected chi connectivity index (χ0v) is 14.5. The molecule has 1 aromatic carbocycles. The summed E-state index contributed by atoms with van der Waals surface area (Å²) in [4.78, 5) is 24.6. The third-order valence-electron chi connectivity index (χ3n) is 3.21. The van der Waals surface area contributed by atoms with Gasteiger partial charge in [0.2, 0.25) is 5.91 Å². The molecule has 0 fully saturated rings. The summed E-state index contributed by atoms with van der Waals surface area (Å²) in [7, 11) is 3.27. The minimum Gasteiger partial charge on any atom is -0.483 e. The minimum atomic E-state index is -0.336. The number of aryl methyl sites for hydroxylation is 1. The molecule has 0 saturated heterocycles. The lowest BCUT2D eigenvalue weighted by Crippen LogP contribution is -2.38. The van der Waals surface area contributed by atoms with Crippen molar-refractivity contribution in [2.24, 2.45) is 0 Å². The minimum absolute atomic E-state index is 0.0358. The maximum Gasteiger partial charge on any atom is 0.258 e. The molecule has 0 unspecified atom stereocenters. The van der Waals surface area contributed by atoms with E-state index in [0.29, 0.717) is 10.8 Å². The molecule has 0 atom stereocenters. The summed E-state index contributed by atoms with van der Waals surface area (Å²) in [6, 6.07) is 3.69. The summed E-state index contributed by atoms with van der Waals surface area (Å²) in [5.41, 5.74) is 1.84. The maximum atomic E-state index is 11.7. The Morgan fingerprint density at radius 1 is 1.32 bits per heavy atom. The molecule has 0 heterocycles. The van der Waals surface area contributed by atoms with Gasteiger partial charge < -0.3 is 15.0 Å². The number of likely N-dealkylation sites (N-methyl/N-ethyl adjacent to an activating group) is 1. The van der Waals surface area contributed by atoms with E-state index in [1.165, 1.54) is 4.90 Å². The largest absolute Gasteiger partial charge is 0.483 e. The van der Waals surface area contributed by atoms with Crippen molar-refractivity contribution in [2.75, 3.05) is 27.2 Å². The number of carbonyl (C=O) groups excluding carboxylic acids is 2. The van der Waals surface area contributed by atoms with Gasteiger partial charge in [0, 0.05) is 19.1 Å². The molecular formula is C16H23ClN2O3.